The van der Waals surface area contributed by atoms with E-state index in [9.17, 15) is 9.59 Å². The highest BCUT2D eigenvalue weighted by Crippen LogP contribution is 2.17. The number of halogens is 1. The topological polar surface area (TPSA) is 75.6 Å². The van der Waals surface area contributed by atoms with Gasteiger partial charge in [0, 0.05) is 4.47 Å². The minimum Gasteiger partial charge on any atom is -0.493 e. The molecule has 0 spiro atoms. The van der Waals surface area contributed by atoms with Crippen LogP contribution in [0.4, 0.5) is 0 Å². The summed E-state index contributed by atoms with van der Waals surface area (Å²) >= 11 is 3.31. The maximum Gasteiger partial charge on any atom is 0.328 e. The molecule has 0 radical (unpaired) electrons. The fourth-order valence-electron chi connectivity index (χ4n) is 1.28. The van der Waals surface area contributed by atoms with E-state index in [1.54, 1.807) is 12.1 Å². The first kappa shape index (κ1) is 15.5. The van der Waals surface area contributed by atoms with E-state index in [1.165, 1.54) is 13.8 Å². The number of carbonyl (C=O) groups is 2. The summed E-state index contributed by atoms with van der Waals surface area (Å²) in [5, 5.41) is 11.3. The summed E-state index contributed by atoms with van der Waals surface area (Å²) in [6.07, 6.45) is 0.100. The Bertz CT molecular complexity index is 473. The molecular formula is C13H16BrNO4. The molecule has 0 atom stereocenters. The van der Waals surface area contributed by atoms with E-state index in [2.05, 4.69) is 21.2 Å². The Labute approximate surface area is 120 Å². The maximum absolute atomic E-state index is 11.6. The molecule has 0 aliphatic heterocycles. The van der Waals surface area contributed by atoms with E-state index in [-0.39, 0.29) is 18.9 Å². The number of aliphatic carboxylic acids is 1. The molecule has 1 aromatic carbocycles. The molecule has 5 nitrogen and oxygen atoms in total. The summed E-state index contributed by atoms with van der Waals surface area (Å²) in [4.78, 5) is 22.4. The quantitative estimate of drug-likeness (QED) is 0.838. The molecule has 1 amide bonds. The third-order valence-electron chi connectivity index (χ3n) is 2.38. The van der Waals surface area contributed by atoms with Gasteiger partial charge in [0.25, 0.3) is 0 Å². The van der Waals surface area contributed by atoms with Crippen LogP contribution in [0.2, 0.25) is 0 Å². The SMILES string of the molecule is CC(C)(NC(=O)CCOc1cccc(Br)c1)C(=O)O. The number of hydrogen-bond acceptors (Lipinski definition) is 3. The van der Waals surface area contributed by atoms with Crippen LogP contribution in [0.5, 0.6) is 5.75 Å². The van der Waals surface area contributed by atoms with Crippen LogP contribution >= 0.6 is 15.9 Å². The lowest BCUT2D eigenvalue weighted by Gasteiger charge is -2.20. The summed E-state index contributed by atoms with van der Waals surface area (Å²) in [6, 6.07) is 7.27. The van der Waals surface area contributed by atoms with Gasteiger partial charge in [-0.2, -0.15) is 0 Å². The number of hydrogen-bond donors (Lipinski definition) is 2. The van der Waals surface area contributed by atoms with E-state index < -0.39 is 11.5 Å². The molecule has 1 rings (SSSR count). The predicted molar refractivity (Wildman–Crippen MR) is 74.1 cm³/mol. The molecule has 0 aromatic heterocycles. The van der Waals surface area contributed by atoms with Gasteiger partial charge in [-0.05, 0) is 32.0 Å². The molecular weight excluding hydrogens is 314 g/mol. The van der Waals surface area contributed by atoms with Crippen molar-refractivity contribution < 1.29 is 19.4 Å². The molecule has 0 fully saturated rings. The molecule has 1 aromatic rings. The third-order valence-corrected chi connectivity index (χ3v) is 2.87. The Morgan fingerprint density at radius 3 is 2.68 bits per heavy atom. The molecule has 0 unspecified atom stereocenters. The van der Waals surface area contributed by atoms with E-state index in [0.717, 1.165) is 4.47 Å². The van der Waals surface area contributed by atoms with E-state index in [1.807, 2.05) is 12.1 Å². The number of benzene rings is 1. The monoisotopic (exact) mass is 329 g/mol. The van der Waals surface area contributed by atoms with Gasteiger partial charge in [-0.1, -0.05) is 22.0 Å². The number of nitrogens with one attached hydrogen (secondary N) is 1. The number of amides is 1. The van der Waals surface area contributed by atoms with Crippen LogP contribution in [-0.4, -0.2) is 29.1 Å². The van der Waals surface area contributed by atoms with Gasteiger partial charge in [0.15, 0.2) is 0 Å². The number of carbonyl (C=O) groups excluding carboxylic acids is 1. The summed E-state index contributed by atoms with van der Waals surface area (Å²) < 4.78 is 6.28. The number of carboxylic acids is 1. The van der Waals surface area contributed by atoms with Crippen molar-refractivity contribution in [2.45, 2.75) is 25.8 Å². The van der Waals surface area contributed by atoms with Crippen molar-refractivity contribution in [2.24, 2.45) is 0 Å². The fraction of sp³-hybridized carbons (Fsp3) is 0.385. The lowest BCUT2D eigenvalue weighted by atomic mass is 10.1. The molecule has 0 saturated heterocycles. The van der Waals surface area contributed by atoms with E-state index in [4.69, 9.17) is 9.84 Å². The van der Waals surface area contributed by atoms with Crippen molar-refractivity contribution in [3.63, 3.8) is 0 Å². The van der Waals surface area contributed by atoms with Crippen molar-refractivity contribution in [1.29, 1.82) is 0 Å². The highest BCUT2D eigenvalue weighted by molar-refractivity contribution is 9.10. The summed E-state index contributed by atoms with van der Waals surface area (Å²) in [6.45, 7) is 3.06. The standard InChI is InChI=1S/C13H16BrNO4/c1-13(2,12(17)18)15-11(16)6-7-19-10-5-3-4-9(14)8-10/h3-5,8H,6-7H2,1-2H3,(H,15,16)(H,17,18). The third kappa shape index (κ3) is 5.30. The Hall–Kier alpha value is -1.56. The number of carboxylic acid groups (broad SMARTS) is 1. The highest BCUT2D eigenvalue weighted by atomic mass is 79.9. The van der Waals surface area contributed by atoms with Crippen molar-refractivity contribution in [3.05, 3.63) is 28.7 Å². The highest BCUT2D eigenvalue weighted by Gasteiger charge is 2.28. The van der Waals surface area contributed by atoms with Gasteiger partial charge in [0.05, 0.1) is 13.0 Å². The first-order valence-corrected chi connectivity index (χ1v) is 6.53. The zero-order valence-electron chi connectivity index (χ0n) is 10.8. The van der Waals surface area contributed by atoms with Crippen LogP contribution < -0.4 is 10.1 Å². The first-order valence-electron chi connectivity index (χ1n) is 5.74. The van der Waals surface area contributed by atoms with Gasteiger partial charge >= 0.3 is 5.97 Å². The molecule has 2 N–H and O–H groups in total. The largest absolute Gasteiger partial charge is 0.493 e. The van der Waals surface area contributed by atoms with Crippen LogP contribution in [0, 0.1) is 0 Å². The van der Waals surface area contributed by atoms with Crippen LogP contribution in [0.1, 0.15) is 20.3 Å². The number of rotatable bonds is 6. The minimum atomic E-state index is -1.27. The normalized spacial score (nSPS) is 10.9. The maximum atomic E-state index is 11.6. The van der Waals surface area contributed by atoms with Gasteiger partial charge in [-0.25, -0.2) is 4.79 Å². The van der Waals surface area contributed by atoms with Gasteiger partial charge in [-0.3, -0.25) is 4.79 Å². The molecule has 104 valence electrons. The Kier molecular flexibility index (Phi) is 5.35. The number of ether oxygens (including phenoxy) is 1. The van der Waals surface area contributed by atoms with Crippen LogP contribution in [0.15, 0.2) is 28.7 Å². The van der Waals surface area contributed by atoms with Crippen molar-refractivity contribution in [2.75, 3.05) is 6.61 Å². The zero-order chi connectivity index (χ0) is 14.5. The fourth-order valence-corrected chi connectivity index (χ4v) is 1.66. The Balaban J connectivity index is 2.37. The lowest BCUT2D eigenvalue weighted by Crippen LogP contribution is -2.49. The first-order chi connectivity index (χ1) is 8.81. The average molecular weight is 330 g/mol. The zero-order valence-corrected chi connectivity index (χ0v) is 12.4. The predicted octanol–water partition coefficient (Wildman–Crippen LogP) is 2.20. The van der Waals surface area contributed by atoms with Gasteiger partial charge < -0.3 is 15.2 Å². The van der Waals surface area contributed by atoms with Crippen LogP contribution in [0.25, 0.3) is 0 Å². The summed E-state index contributed by atoms with van der Waals surface area (Å²) in [7, 11) is 0. The van der Waals surface area contributed by atoms with E-state index in [0.29, 0.717) is 5.75 Å². The van der Waals surface area contributed by atoms with Crippen LogP contribution in [-0.2, 0) is 9.59 Å². The molecule has 19 heavy (non-hydrogen) atoms. The lowest BCUT2D eigenvalue weighted by molar-refractivity contribution is -0.146. The van der Waals surface area contributed by atoms with Crippen LogP contribution in [0.3, 0.4) is 0 Å². The van der Waals surface area contributed by atoms with E-state index >= 15 is 0 Å². The summed E-state index contributed by atoms with van der Waals surface area (Å²) in [5.41, 5.74) is -1.27. The second kappa shape index (κ2) is 6.56. The van der Waals surface area contributed by atoms with Gasteiger partial charge in [-0.15, -0.1) is 0 Å². The van der Waals surface area contributed by atoms with Gasteiger partial charge in [0.1, 0.15) is 11.3 Å². The average Bonchev–Trinajstić information content (AvgIpc) is 2.28. The smallest absolute Gasteiger partial charge is 0.328 e. The molecule has 0 bridgehead atoms. The molecule has 0 aliphatic rings. The van der Waals surface area contributed by atoms with Gasteiger partial charge in [0.2, 0.25) is 5.91 Å². The minimum absolute atomic E-state index is 0.100. The van der Waals surface area contributed by atoms with Crippen molar-refractivity contribution >= 4 is 27.8 Å². The molecule has 0 saturated carbocycles. The second-order valence-electron chi connectivity index (χ2n) is 4.53. The summed E-state index contributed by atoms with van der Waals surface area (Å²) in [5.74, 6) is -0.782. The van der Waals surface area contributed by atoms with Crippen molar-refractivity contribution in [1.82, 2.24) is 5.32 Å². The van der Waals surface area contributed by atoms with Crippen molar-refractivity contribution in [3.8, 4) is 5.75 Å². The Morgan fingerprint density at radius 2 is 2.11 bits per heavy atom. The molecule has 0 aliphatic carbocycles. The molecule has 0 heterocycles. The molecule has 6 heteroatoms. The Morgan fingerprint density at radius 1 is 1.42 bits per heavy atom. The second-order valence-corrected chi connectivity index (χ2v) is 5.45.